The fourth-order valence-electron chi connectivity index (χ4n) is 3.99. The number of rotatable bonds is 8. The summed E-state index contributed by atoms with van der Waals surface area (Å²) in [6.07, 6.45) is 0.267. The average molecular weight is 477 g/mol. The maximum absolute atomic E-state index is 13.0. The summed E-state index contributed by atoms with van der Waals surface area (Å²) in [5, 5.41) is 1.33. The molecule has 2 aliphatic heterocycles. The van der Waals surface area contributed by atoms with Crippen LogP contribution in [0.15, 0.2) is 30.3 Å². The summed E-state index contributed by atoms with van der Waals surface area (Å²) in [5.74, 6) is -0.399. The molecule has 2 fully saturated rings. The molecule has 10 nitrogen and oxygen atoms in total. The van der Waals surface area contributed by atoms with Crippen LogP contribution in [0.5, 0.6) is 0 Å². The molecule has 188 valence electrons. The predicted octanol–water partition coefficient (Wildman–Crippen LogP) is 3.08. The van der Waals surface area contributed by atoms with E-state index >= 15 is 0 Å². The van der Waals surface area contributed by atoms with Gasteiger partial charge in [-0.3, -0.25) is 14.5 Å². The van der Waals surface area contributed by atoms with Gasteiger partial charge in [-0.1, -0.05) is 37.3 Å². The lowest BCUT2D eigenvalue weighted by Gasteiger charge is -2.26. The highest BCUT2D eigenvalue weighted by atomic mass is 16.7. The number of hydrogen-bond donors (Lipinski definition) is 1. The van der Waals surface area contributed by atoms with Crippen LogP contribution >= 0.6 is 0 Å². The molecule has 2 saturated heterocycles. The Balaban J connectivity index is 1.49. The first-order chi connectivity index (χ1) is 16.1. The molecule has 1 aromatic carbocycles. The van der Waals surface area contributed by atoms with Gasteiger partial charge < -0.3 is 14.5 Å². The maximum atomic E-state index is 13.0. The van der Waals surface area contributed by atoms with Crippen LogP contribution in [-0.2, 0) is 25.8 Å². The third kappa shape index (κ3) is 6.60. The number of hydroxylamine groups is 3. The minimum Gasteiger partial charge on any atom is -0.444 e. The Morgan fingerprint density at radius 1 is 1.18 bits per heavy atom. The first-order valence-electron chi connectivity index (χ1n) is 11.8. The second-order valence-corrected chi connectivity index (χ2v) is 9.71. The quantitative estimate of drug-likeness (QED) is 0.579. The molecule has 0 saturated carbocycles. The van der Waals surface area contributed by atoms with Crippen LogP contribution in [0, 0.1) is 0 Å². The van der Waals surface area contributed by atoms with Crippen molar-refractivity contribution >= 4 is 18.0 Å². The number of nitrogens with one attached hydrogen (secondary N) is 1. The summed E-state index contributed by atoms with van der Waals surface area (Å²) < 4.78 is 5.38. The maximum Gasteiger partial charge on any atom is 0.410 e. The van der Waals surface area contributed by atoms with Gasteiger partial charge in [-0.05, 0) is 46.1 Å². The fraction of sp³-hybridized carbons (Fsp3) is 0.625. The van der Waals surface area contributed by atoms with Crippen molar-refractivity contribution in [2.75, 3.05) is 19.6 Å². The Morgan fingerprint density at radius 2 is 1.88 bits per heavy atom. The second-order valence-electron chi connectivity index (χ2n) is 9.71. The van der Waals surface area contributed by atoms with Crippen molar-refractivity contribution < 1.29 is 28.8 Å². The third-order valence-electron chi connectivity index (χ3n) is 5.70. The van der Waals surface area contributed by atoms with E-state index in [0.717, 1.165) is 5.56 Å². The molecule has 2 aliphatic rings. The molecule has 3 rings (SSSR count). The van der Waals surface area contributed by atoms with E-state index < -0.39 is 23.6 Å². The molecule has 3 atom stereocenters. The van der Waals surface area contributed by atoms with E-state index in [9.17, 15) is 14.4 Å². The zero-order valence-electron chi connectivity index (χ0n) is 20.7. The first-order valence-corrected chi connectivity index (χ1v) is 11.8. The number of likely N-dealkylation sites (tertiary alicyclic amines) is 1. The largest absolute Gasteiger partial charge is 0.444 e. The number of hydrogen-bond acceptors (Lipinski definition) is 6. The van der Waals surface area contributed by atoms with E-state index in [4.69, 9.17) is 14.4 Å². The Kier molecular flexibility index (Phi) is 8.37. The van der Waals surface area contributed by atoms with Crippen molar-refractivity contribution in [1.82, 2.24) is 20.3 Å². The molecule has 0 aromatic heterocycles. The Hall–Kier alpha value is -2.85. The first kappa shape index (κ1) is 25.8. The minimum absolute atomic E-state index is 0.198. The summed E-state index contributed by atoms with van der Waals surface area (Å²) in [6, 6.07) is 8.36. The van der Waals surface area contributed by atoms with Crippen LogP contribution < -0.4 is 5.48 Å². The van der Waals surface area contributed by atoms with Gasteiger partial charge in [0.15, 0.2) is 0 Å². The molecular formula is C24H36N4O6. The van der Waals surface area contributed by atoms with Gasteiger partial charge in [-0.2, -0.15) is 5.06 Å². The minimum atomic E-state index is -0.691. The van der Waals surface area contributed by atoms with Gasteiger partial charge in [0, 0.05) is 13.1 Å². The van der Waals surface area contributed by atoms with Gasteiger partial charge in [0.05, 0.1) is 12.6 Å². The smallest absolute Gasteiger partial charge is 0.410 e. The number of amides is 4. The van der Waals surface area contributed by atoms with Gasteiger partial charge in [0.25, 0.3) is 5.91 Å². The van der Waals surface area contributed by atoms with Crippen molar-refractivity contribution in [3.05, 3.63) is 35.9 Å². The van der Waals surface area contributed by atoms with E-state index in [1.54, 1.807) is 4.90 Å². The Morgan fingerprint density at radius 3 is 2.53 bits per heavy atom. The van der Waals surface area contributed by atoms with Gasteiger partial charge in [0.2, 0.25) is 0 Å². The number of urea groups is 1. The van der Waals surface area contributed by atoms with E-state index in [1.807, 2.05) is 65.0 Å². The topological polar surface area (TPSA) is 101 Å². The zero-order valence-corrected chi connectivity index (χ0v) is 20.7. The lowest BCUT2D eigenvalue weighted by molar-refractivity contribution is -0.144. The van der Waals surface area contributed by atoms with Gasteiger partial charge >= 0.3 is 12.1 Å². The van der Waals surface area contributed by atoms with Crippen LogP contribution in [0.25, 0.3) is 0 Å². The predicted molar refractivity (Wildman–Crippen MR) is 124 cm³/mol. The summed E-state index contributed by atoms with van der Waals surface area (Å²) >= 11 is 0. The molecule has 0 aliphatic carbocycles. The molecule has 10 heteroatoms. The number of benzene rings is 1. The van der Waals surface area contributed by atoms with Crippen molar-refractivity contribution in [3.63, 3.8) is 0 Å². The number of carbonyl (C=O) groups excluding carboxylic acids is 3. The van der Waals surface area contributed by atoms with Gasteiger partial charge in [0.1, 0.15) is 24.4 Å². The van der Waals surface area contributed by atoms with Crippen LogP contribution in [0.1, 0.15) is 53.0 Å². The van der Waals surface area contributed by atoms with Crippen LogP contribution in [0.2, 0.25) is 0 Å². The molecule has 0 unspecified atom stereocenters. The van der Waals surface area contributed by atoms with E-state index in [0.29, 0.717) is 32.5 Å². The molecule has 34 heavy (non-hydrogen) atoms. The van der Waals surface area contributed by atoms with E-state index in [2.05, 4.69) is 5.48 Å². The molecule has 1 N–H and O–H groups in total. The molecule has 2 heterocycles. The van der Waals surface area contributed by atoms with Gasteiger partial charge in [-0.15, -0.1) is 0 Å². The van der Waals surface area contributed by atoms with Crippen molar-refractivity contribution in [1.29, 1.82) is 0 Å². The summed E-state index contributed by atoms with van der Waals surface area (Å²) in [4.78, 5) is 52.5. The standard InChI is InChI=1S/C24H36N4O6/c1-6-20(21(29)25-34-19-12-13-26(15-19)23(31)33-24(3,4)5)27-14-17(2)28(22(27)30)32-16-18-10-8-7-9-11-18/h7-11,17,19-20H,6,12-16H2,1-5H3,(H,25,29)/t17-,19+,20+/m1/s1. The normalized spacial score (nSPS) is 21.7. The molecule has 1 aromatic rings. The van der Waals surface area contributed by atoms with Crippen LogP contribution in [0.4, 0.5) is 9.59 Å². The van der Waals surface area contributed by atoms with Crippen molar-refractivity contribution in [2.24, 2.45) is 0 Å². The lowest BCUT2D eigenvalue weighted by atomic mass is 10.2. The lowest BCUT2D eigenvalue weighted by Crippen LogP contribution is -2.49. The van der Waals surface area contributed by atoms with E-state index in [1.165, 1.54) is 9.96 Å². The SMILES string of the molecule is CC[C@@H](C(=O)NO[C@H]1CCN(C(=O)OC(C)(C)C)C1)N1C[C@@H](C)N(OCc2ccccc2)C1=O. The molecule has 4 amide bonds. The van der Waals surface area contributed by atoms with E-state index in [-0.39, 0.29) is 24.8 Å². The molecule has 0 bridgehead atoms. The Bertz CT molecular complexity index is 859. The van der Waals surface area contributed by atoms with Crippen molar-refractivity contribution in [3.8, 4) is 0 Å². The summed E-state index contributed by atoms with van der Waals surface area (Å²) in [6.45, 7) is 10.6. The number of carbonyl (C=O) groups is 3. The molecule has 0 spiro atoms. The zero-order chi connectivity index (χ0) is 24.9. The highest BCUT2D eigenvalue weighted by Crippen LogP contribution is 2.22. The number of ether oxygens (including phenoxy) is 1. The highest BCUT2D eigenvalue weighted by Gasteiger charge is 2.42. The van der Waals surface area contributed by atoms with Crippen LogP contribution in [-0.4, -0.2) is 76.3 Å². The molecule has 0 radical (unpaired) electrons. The summed E-state index contributed by atoms with van der Waals surface area (Å²) in [7, 11) is 0. The molecular weight excluding hydrogens is 440 g/mol. The summed E-state index contributed by atoms with van der Waals surface area (Å²) in [5.41, 5.74) is 2.88. The Labute approximate surface area is 201 Å². The number of nitrogens with zero attached hydrogens (tertiary/aromatic N) is 3. The fourth-order valence-corrected chi connectivity index (χ4v) is 3.99. The van der Waals surface area contributed by atoms with Gasteiger partial charge in [-0.25, -0.2) is 15.1 Å². The highest BCUT2D eigenvalue weighted by molar-refractivity contribution is 5.87. The monoisotopic (exact) mass is 476 g/mol. The van der Waals surface area contributed by atoms with Crippen molar-refractivity contribution in [2.45, 2.75) is 77.9 Å². The second kappa shape index (κ2) is 11.1. The average Bonchev–Trinajstić information content (AvgIpc) is 3.36. The third-order valence-corrected chi connectivity index (χ3v) is 5.70. The van der Waals surface area contributed by atoms with Crippen LogP contribution in [0.3, 0.4) is 0 Å².